The first-order valence-electron chi connectivity index (χ1n) is 6.35. The van der Waals surface area contributed by atoms with Crippen molar-refractivity contribution in [1.29, 1.82) is 0 Å². The summed E-state index contributed by atoms with van der Waals surface area (Å²) in [6.07, 6.45) is 2.67. The lowest BCUT2D eigenvalue weighted by Crippen LogP contribution is -2.30. The number of hydrogen-bond acceptors (Lipinski definition) is 4. The smallest absolute Gasteiger partial charge is 0.140 e. The first-order valence-corrected chi connectivity index (χ1v) is 6.35. The van der Waals surface area contributed by atoms with Crippen molar-refractivity contribution in [3.05, 3.63) is 23.9 Å². The van der Waals surface area contributed by atoms with Crippen LogP contribution in [0.15, 0.2) is 18.2 Å². The molecule has 1 aliphatic carbocycles. The lowest BCUT2D eigenvalue weighted by atomic mass is 10.2. The van der Waals surface area contributed by atoms with Gasteiger partial charge < -0.3 is 5.43 Å². The van der Waals surface area contributed by atoms with Crippen LogP contribution >= 0.6 is 0 Å². The predicted octanol–water partition coefficient (Wildman–Crippen LogP) is 1.99. The number of nitrogen functional groups attached to an aromatic ring is 1. The van der Waals surface area contributed by atoms with Gasteiger partial charge >= 0.3 is 0 Å². The third-order valence-corrected chi connectivity index (χ3v) is 2.98. The van der Waals surface area contributed by atoms with Gasteiger partial charge in [0.25, 0.3) is 0 Å². The Hall–Kier alpha value is -1.13. The van der Waals surface area contributed by atoms with E-state index in [-0.39, 0.29) is 0 Å². The summed E-state index contributed by atoms with van der Waals surface area (Å²) in [7, 11) is 0. The summed E-state index contributed by atoms with van der Waals surface area (Å²) >= 11 is 0. The maximum absolute atomic E-state index is 5.38. The molecule has 1 fully saturated rings. The van der Waals surface area contributed by atoms with E-state index in [2.05, 4.69) is 35.2 Å². The second-order valence-electron chi connectivity index (χ2n) is 5.21. The van der Waals surface area contributed by atoms with Crippen LogP contribution in [-0.4, -0.2) is 22.5 Å². The first-order chi connectivity index (χ1) is 8.19. The van der Waals surface area contributed by atoms with Crippen molar-refractivity contribution in [3.8, 4) is 0 Å². The van der Waals surface area contributed by atoms with Crippen molar-refractivity contribution in [2.24, 2.45) is 11.8 Å². The number of anilines is 1. The highest BCUT2D eigenvalue weighted by Crippen LogP contribution is 2.28. The third-order valence-electron chi connectivity index (χ3n) is 2.98. The van der Waals surface area contributed by atoms with Gasteiger partial charge in [0.05, 0.1) is 5.69 Å². The van der Waals surface area contributed by atoms with Gasteiger partial charge in [0.1, 0.15) is 5.82 Å². The van der Waals surface area contributed by atoms with Crippen molar-refractivity contribution in [2.45, 2.75) is 39.3 Å². The molecule has 4 heteroatoms. The van der Waals surface area contributed by atoms with E-state index in [0.29, 0.717) is 5.92 Å². The van der Waals surface area contributed by atoms with Crippen LogP contribution in [0.5, 0.6) is 0 Å². The minimum atomic E-state index is 0.700. The van der Waals surface area contributed by atoms with E-state index in [0.717, 1.165) is 30.6 Å². The Morgan fingerprint density at radius 1 is 1.47 bits per heavy atom. The van der Waals surface area contributed by atoms with Gasteiger partial charge in [-0.3, -0.25) is 4.90 Å². The second-order valence-corrected chi connectivity index (χ2v) is 5.21. The summed E-state index contributed by atoms with van der Waals surface area (Å²) in [4.78, 5) is 7.01. The Morgan fingerprint density at radius 2 is 2.24 bits per heavy atom. The predicted molar refractivity (Wildman–Crippen MR) is 70.3 cm³/mol. The molecule has 3 N–H and O–H groups in total. The summed E-state index contributed by atoms with van der Waals surface area (Å²) in [5.41, 5.74) is 3.69. The molecule has 1 heterocycles. The van der Waals surface area contributed by atoms with E-state index in [9.17, 15) is 0 Å². The van der Waals surface area contributed by atoms with Crippen molar-refractivity contribution < 1.29 is 0 Å². The van der Waals surface area contributed by atoms with Crippen LogP contribution in [-0.2, 0) is 6.54 Å². The third kappa shape index (κ3) is 3.68. The molecule has 0 bridgehead atoms. The molecule has 0 aliphatic heterocycles. The van der Waals surface area contributed by atoms with Crippen LogP contribution in [0.3, 0.4) is 0 Å². The van der Waals surface area contributed by atoms with Gasteiger partial charge in [-0.2, -0.15) is 0 Å². The van der Waals surface area contributed by atoms with Gasteiger partial charge in [-0.05, 0) is 30.9 Å². The highest BCUT2D eigenvalue weighted by atomic mass is 15.3. The van der Waals surface area contributed by atoms with Gasteiger partial charge in [-0.15, -0.1) is 0 Å². The number of nitrogens with two attached hydrogens (primary N) is 1. The molecule has 4 nitrogen and oxygen atoms in total. The Labute approximate surface area is 103 Å². The van der Waals surface area contributed by atoms with E-state index < -0.39 is 0 Å². The molecule has 1 aromatic rings. The van der Waals surface area contributed by atoms with Crippen molar-refractivity contribution in [1.82, 2.24) is 9.88 Å². The topological polar surface area (TPSA) is 54.2 Å². The Morgan fingerprint density at radius 3 is 2.82 bits per heavy atom. The fourth-order valence-corrected chi connectivity index (χ4v) is 2.11. The number of nitrogens with one attached hydrogen (secondary N) is 1. The molecule has 0 aromatic carbocycles. The second kappa shape index (κ2) is 5.47. The summed E-state index contributed by atoms with van der Waals surface area (Å²) in [5.74, 6) is 6.82. The number of rotatable bonds is 6. The molecule has 1 saturated carbocycles. The van der Waals surface area contributed by atoms with E-state index >= 15 is 0 Å². The Balaban J connectivity index is 2.00. The highest BCUT2D eigenvalue weighted by molar-refractivity contribution is 5.33. The van der Waals surface area contributed by atoms with Crippen LogP contribution in [0.1, 0.15) is 32.4 Å². The fourth-order valence-electron chi connectivity index (χ4n) is 2.11. The normalized spacial score (nSPS) is 15.6. The molecule has 0 atom stereocenters. The lowest BCUT2D eigenvalue weighted by Gasteiger charge is -2.23. The standard InChI is InChI=1S/C13H22N4/c1-10(2)8-17(12-6-7-12)9-11-4-3-5-13(15-11)16-14/h3-5,10,12H,6-9,14H2,1-2H3,(H,15,16). The quantitative estimate of drug-likeness (QED) is 0.584. The molecule has 0 saturated heterocycles. The molecule has 17 heavy (non-hydrogen) atoms. The minimum absolute atomic E-state index is 0.700. The average molecular weight is 234 g/mol. The number of nitrogens with zero attached hydrogens (tertiary/aromatic N) is 2. The number of hydrazine groups is 1. The number of aromatic nitrogens is 1. The molecule has 0 amide bonds. The van der Waals surface area contributed by atoms with Crippen LogP contribution in [0.4, 0.5) is 5.82 Å². The Kier molecular flexibility index (Phi) is 3.97. The van der Waals surface area contributed by atoms with E-state index in [1.807, 2.05) is 12.1 Å². The van der Waals surface area contributed by atoms with Gasteiger partial charge in [-0.25, -0.2) is 10.8 Å². The monoisotopic (exact) mass is 234 g/mol. The fraction of sp³-hybridized carbons (Fsp3) is 0.615. The first kappa shape index (κ1) is 12.3. The van der Waals surface area contributed by atoms with Crippen molar-refractivity contribution >= 4 is 5.82 Å². The van der Waals surface area contributed by atoms with Crippen molar-refractivity contribution in [3.63, 3.8) is 0 Å². The minimum Gasteiger partial charge on any atom is -0.308 e. The van der Waals surface area contributed by atoms with Gasteiger partial charge in [0.15, 0.2) is 0 Å². The summed E-state index contributed by atoms with van der Waals surface area (Å²) in [6, 6.07) is 6.72. The molecule has 0 radical (unpaired) electrons. The average Bonchev–Trinajstić information content (AvgIpc) is 3.12. The van der Waals surface area contributed by atoms with Crippen molar-refractivity contribution in [2.75, 3.05) is 12.0 Å². The summed E-state index contributed by atoms with van der Waals surface area (Å²) in [5, 5.41) is 0. The maximum Gasteiger partial charge on any atom is 0.140 e. The molecule has 94 valence electrons. The van der Waals surface area contributed by atoms with Gasteiger partial charge in [-0.1, -0.05) is 19.9 Å². The van der Waals surface area contributed by atoms with Gasteiger partial charge in [0, 0.05) is 19.1 Å². The van der Waals surface area contributed by atoms with E-state index in [4.69, 9.17) is 5.84 Å². The van der Waals surface area contributed by atoms with Crippen LogP contribution in [0.25, 0.3) is 0 Å². The van der Waals surface area contributed by atoms with Crippen LogP contribution in [0, 0.1) is 5.92 Å². The molecule has 2 rings (SSSR count). The molecule has 0 spiro atoms. The largest absolute Gasteiger partial charge is 0.308 e. The number of pyridine rings is 1. The summed E-state index contributed by atoms with van der Waals surface area (Å²) in [6.45, 7) is 6.60. The number of hydrogen-bond donors (Lipinski definition) is 2. The van der Waals surface area contributed by atoms with Crippen LogP contribution in [0.2, 0.25) is 0 Å². The zero-order valence-corrected chi connectivity index (χ0v) is 10.7. The van der Waals surface area contributed by atoms with E-state index in [1.165, 1.54) is 12.8 Å². The molecule has 1 aromatic heterocycles. The molecule has 1 aliphatic rings. The lowest BCUT2D eigenvalue weighted by molar-refractivity contribution is 0.223. The van der Waals surface area contributed by atoms with Crippen LogP contribution < -0.4 is 11.3 Å². The molecular formula is C13H22N4. The van der Waals surface area contributed by atoms with Gasteiger partial charge in [0.2, 0.25) is 0 Å². The Bertz CT molecular complexity index is 360. The maximum atomic E-state index is 5.38. The zero-order valence-electron chi connectivity index (χ0n) is 10.7. The summed E-state index contributed by atoms with van der Waals surface area (Å²) < 4.78 is 0. The SMILES string of the molecule is CC(C)CN(Cc1cccc(NN)n1)C1CC1. The molecular weight excluding hydrogens is 212 g/mol. The molecule has 0 unspecified atom stereocenters. The van der Waals surface area contributed by atoms with E-state index in [1.54, 1.807) is 0 Å². The highest BCUT2D eigenvalue weighted by Gasteiger charge is 2.29. The zero-order chi connectivity index (χ0) is 12.3.